The molecule has 0 saturated heterocycles. The van der Waals surface area contributed by atoms with Crippen molar-refractivity contribution in [2.45, 2.75) is 41.0 Å². The van der Waals surface area contributed by atoms with Crippen molar-refractivity contribution in [2.24, 2.45) is 11.3 Å². The fraction of sp³-hybridized carbons (Fsp3) is 0.571. The van der Waals surface area contributed by atoms with E-state index in [0.717, 1.165) is 5.56 Å². The molecule has 1 amide bonds. The van der Waals surface area contributed by atoms with Crippen LogP contribution in [0, 0.1) is 18.3 Å². The van der Waals surface area contributed by atoms with Crippen LogP contribution in [0.4, 0.5) is 5.69 Å². The summed E-state index contributed by atoms with van der Waals surface area (Å²) in [6, 6.07) is 1.83. The maximum atomic E-state index is 11.9. The van der Waals surface area contributed by atoms with E-state index < -0.39 is 0 Å². The van der Waals surface area contributed by atoms with Crippen LogP contribution in [0.2, 0.25) is 5.15 Å². The van der Waals surface area contributed by atoms with Crippen LogP contribution in [-0.4, -0.2) is 10.9 Å². The van der Waals surface area contributed by atoms with Gasteiger partial charge in [0.25, 0.3) is 0 Å². The lowest BCUT2D eigenvalue weighted by atomic mass is 9.80. The molecule has 0 spiro atoms. The minimum absolute atomic E-state index is 0.0216. The van der Waals surface area contributed by atoms with Gasteiger partial charge in [-0.25, -0.2) is 4.98 Å². The molecule has 1 aromatic heterocycles. The molecule has 1 rings (SSSR count). The van der Waals surface area contributed by atoms with Crippen molar-refractivity contribution >= 4 is 23.2 Å². The molecular weight excluding hydrogens is 248 g/mol. The molecular formula is C14H21ClN2O. The van der Waals surface area contributed by atoms with Gasteiger partial charge in [0.15, 0.2) is 5.15 Å². The third-order valence-electron chi connectivity index (χ3n) is 3.22. The fourth-order valence-electron chi connectivity index (χ4n) is 1.43. The SMILES string of the molecule is Cc1cnc(Cl)c(NC(=O)CC(C)C(C)(C)C)c1. The summed E-state index contributed by atoms with van der Waals surface area (Å²) >= 11 is 5.94. The molecule has 0 aliphatic rings. The summed E-state index contributed by atoms with van der Waals surface area (Å²) in [5.74, 6) is 0.278. The van der Waals surface area contributed by atoms with Gasteiger partial charge in [0.05, 0.1) is 5.69 Å². The number of hydrogen-bond acceptors (Lipinski definition) is 2. The summed E-state index contributed by atoms with van der Waals surface area (Å²) in [6.45, 7) is 10.4. The van der Waals surface area contributed by atoms with Crippen LogP contribution in [0.5, 0.6) is 0 Å². The van der Waals surface area contributed by atoms with Crippen LogP contribution in [0.3, 0.4) is 0 Å². The number of carbonyl (C=O) groups is 1. The Morgan fingerprint density at radius 3 is 2.67 bits per heavy atom. The summed E-state index contributed by atoms with van der Waals surface area (Å²) in [4.78, 5) is 15.9. The van der Waals surface area contributed by atoms with Crippen molar-refractivity contribution in [3.8, 4) is 0 Å². The van der Waals surface area contributed by atoms with E-state index in [1.807, 2.05) is 13.0 Å². The quantitative estimate of drug-likeness (QED) is 0.840. The molecule has 0 fully saturated rings. The first-order valence-electron chi connectivity index (χ1n) is 6.12. The maximum absolute atomic E-state index is 11.9. The molecule has 1 unspecified atom stereocenters. The Kier molecular flexibility index (Phi) is 4.74. The Labute approximate surface area is 114 Å². The molecule has 0 aliphatic carbocycles. The molecule has 1 aromatic rings. The highest BCUT2D eigenvalue weighted by molar-refractivity contribution is 6.32. The van der Waals surface area contributed by atoms with Crippen LogP contribution in [-0.2, 0) is 4.79 Å². The van der Waals surface area contributed by atoms with Crippen molar-refractivity contribution < 1.29 is 4.79 Å². The van der Waals surface area contributed by atoms with Crippen LogP contribution in [0.1, 0.15) is 39.7 Å². The van der Waals surface area contributed by atoms with Gasteiger partial charge >= 0.3 is 0 Å². The molecule has 0 aromatic carbocycles. The first kappa shape index (κ1) is 15.0. The molecule has 0 saturated carbocycles. The van der Waals surface area contributed by atoms with E-state index in [-0.39, 0.29) is 11.3 Å². The number of halogens is 1. The number of aromatic nitrogens is 1. The molecule has 4 heteroatoms. The van der Waals surface area contributed by atoms with Gasteiger partial charge in [0, 0.05) is 12.6 Å². The van der Waals surface area contributed by atoms with E-state index in [4.69, 9.17) is 11.6 Å². The van der Waals surface area contributed by atoms with E-state index >= 15 is 0 Å². The topological polar surface area (TPSA) is 42.0 Å². The summed E-state index contributed by atoms with van der Waals surface area (Å²) in [5, 5.41) is 3.15. The predicted octanol–water partition coefficient (Wildman–Crippen LogP) is 4.05. The number of amides is 1. The summed E-state index contributed by atoms with van der Waals surface area (Å²) in [7, 11) is 0. The zero-order valence-electron chi connectivity index (χ0n) is 11.7. The fourth-order valence-corrected chi connectivity index (χ4v) is 1.58. The van der Waals surface area contributed by atoms with Gasteiger partial charge in [-0.2, -0.15) is 0 Å². The molecule has 18 heavy (non-hydrogen) atoms. The van der Waals surface area contributed by atoms with Gasteiger partial charge < -0.3 is 5.32 Å². The van der Waals surface area contributed by atoms with Gasteiger partial charge in [-0.3, -0.25) is 4.79 Å². The average molecular weight is 269 g/mol. The van der Waals surface area contributed by atoms with Crippen molar-refractivity contribution in [3.63, 3.8) is 0 Å². The minimum Gasteiger partial charge on any atom is -0.323 e. The average Bonchev–Trinajstić information content (AvgIpc) is 2.22. The Morgan fingerprint density at radius 1 is 1.50 bits per heavy atom. The summed E-state index contributed by atoms with van der Waals surface area (Å²) in [6.07, 6.45) is 2.16. The normalized spacial score (nSPS) is 13.2. The largest absolute Gasteiger partial charge is 0.323 e. The molecule has 100 valence electrons. The Balaban J connectivity index is 2.68. The first-order chi connectivity index (χ1) is 8.20. The van der Waals surface area contributed by atoms with E-state index in [1.54, 1.807) is 6.20 Å². The molecule has 1 atom stereocenters. The molecule has 1 heterocycles. The second-order valence-corrected chi connectivity index (χ2v) is 6.23. The zero-order valence-corrected chi connectivity index (χ0v) is 12.4. The van der Waals surface area contributed by atoms with E-state index in [9.17, 15) is 4.79 Å². The standard InChI is InChI=1S/C14H21ClN2O/c1-9-6-11(13(15)16-8-9)17-12(18)7-10(2)14(3,4)5/h6,8,10H,7H2,1-5H3,(H,17,18). The van der Waals surface area contributed by atoms with Crippen molar-refractivity contribution in [1.29, 1.82) is 0 Å². The van der Waals surface area contributed by atoms with Gasteiger partial charge in [0.1, 0.15) is 0 Å². The number of aryl methyl sites for hydroxylation is 1. The van der Waals surface area contributed by atoms with Crippen molar-refractivity contribution in [2.75, 3.05) is 5.32 Å². The Hall–Kier alpha value is -1.09. The summed E-state index contributed by atoms with van der Waals surface area (Å²) in [5.41, 5.74) is 1.67. The highest BCUT2D eigenvalue weighted by Gasteiger charge is 2.22. The summed E-state index contributed by atoms with van der Waals surface area (Å²) < 4.78 is 0. The molecule has 3 nitrogen and oxygen atoms in total. The van der Waals surface area contributed by atoms with Gasteiger partial charge in [-0.15, -0.1) is 0 Å². The number of nitrogens with one attached hydrogen (secondary N) is 1. The second kappa shape index (κ2) is 5.70. The number of pyridine rings is 1. The van der Waals surface area contributed by atoms with E-state index in [0.29, 0.717) is 23.2 Å². The van der Waals surface area contributed by atoms with Gasteiger partial charge in [-0.1, -0.05) is 39.3 Å². The van der Waals surface area contributed by atoms with Crippen LogP contribution in [0.15, 0.2) is 12.3 Å². The lowest BCUT2D eigenvalue weighted by molar-refractivity contribution is -0.117. The molecule has 0 aliphatic heterocycles. The number of carbonyl (C=O) groups excluding carboxylic acids is 1. The monoisotopic (exact) mass is 268 g/mol. The van der Waals surface area contributed by atoms with Gasteiger partial charge in [-0.05, 0) is 29.9 Å². The minimum atomic E-state index is -0.0216. The maximum Gasteiger partial charge on any atom is 0.224 e. The smallest absolute Gasteiger partial charge is 0.224 e. The Bertz CT molecular complexity index is 438. The number of hydrogen-bond donors (Lipinski definition) is 1. The van der Waals surface area contributed by atoms with Gasteiger partial charge in [0.2, 0.25) is 5.91 Å². The third kappa shape index (κ3) is 4.30. The lowest BCUT2D eigenvalue weighted by Gasteiger charge is -2.26. The van der Waals surface area contributed by atoms with Crippen LogP contribution < -0.4 is 5.32 Å². The Morgan fingerprint density at radius 2 is 2.11 bits per heavy atom. The van der Waals surface area contributed by atoms with E-state index in [1.165, 1.54) is 0 Å². The van der Waals surface area contributed by atoms with Crippen LogP contribution >= 0.6 is 11.6 Å². The second-order valence-electron chi connectivity index (χ2n) is 5.87. The number of nitrogens with zero attached hydrogens (tertiary/aromatic N) is 1. The van der Waals surface area contributed by atoms with E-state index in [2.05, 4.69) is 38.0 Å². The third-order valence-corrected chi connectivity index (χ3v) is 3.52. The molecule has 0 radical (unpaired) electrons. The van der Waals surface area contributed by atoms with Crippen molar-refractivity contribution in [1.82, 2.24) is 4.98 Å². The molecule has 0 bridgehead atoms. The van der Waals surface area contributed by atoms with Crippen molar-refractivity contribution in [3.05, 3.63) is 23.0 Å². The lowest BCUT2D eigenvalue weighted by Crippen LogP contribution is -2.24. The first-order valence-corrected chi connectivity index (χ1v) is 6.50. The molecule has 1 N–H and O–H groups in total. The zero-order chi connectivity index (χ0) is 13.9. The highest BCUT2D eigenvalue weighted by Crippen LogP contribution is 2.28. The highest BCUT2D eigenvalue weighted by atomic mass is 35.5. The number of anilines is 1. The predicted molar refractivity (Wildman–Crippen MR) is 75.8 cm³/mol. The number of rotatable bonds is 3. The van der Waals surface area contributed by atoms with Crippen LogP contribution in [0.25, 0.3) is 0 Å².